The smallest absolute Gasteiger partial charge is 0.258 e. The summed E-state index contributed by atoms with van der Waals surface area (Å²) in [7, 11) is -3.47. The topological polar surface area (TPSA) is 54.5 Å². The van der Waals surface area contributed by atoms with Gasteiger partial charge in [0, 0.05) is 30.0 Å². The largest absolute Gasteiger partial charge is 0.308 e. The van der Waals surface area contributed by atoms with Gasteiger partial charge in [-0.1, -0.05) is 6.07 Å². The number of rotatable bonds is 2. The van der Waals surface area contributed by atoms with Crippen LogP contribution in [0.1, 0.15) is 27.9 Å². The summed E-state index contributed by atoms with van der Waals surface area (Å²) >= 11 is 0. The Morgan fingerprint density at radius 2 is 1.88 bits per heavy atom. The summed E-state index contributed by atoms with van der Waals surface area (Å²) in [5.41, 5.74) is 1.32. The molecule has 0 bridgehead atoms. The lowest BCUT2D eigenvalue weighted by atomic mass is 9.99. The summed E-state index contributed by atoms with van der Waals surface area (Å²) in [5.74, 6) is -1.89. The molecule has 0 spiro atoms. The molecule has 0 aliphatic carbocycles. The minimum atomic E-state index is -3.47. The van der Waals surface area contributed by atoms with Gasteiger partial charge in [-0.2, -0.15) is 0 Å². The van der Waals surface area contributed by atoms with Gasteiger partial charge in [0.2, 0.25) is 0 Å². The quantitative estimate of drug-likeness (QED) is 0.821. The number of hydrogen-bond acceptors (Lipinski definition) is 3. The van der Waals surface area contributed by atoms with E-state index in [9.17, 15) is 22.0 Å². The molecule has 3 rings (SSSR count). The lowest BCUT2D eigenvalue weighted by Gasteiger charge is -2.30. The third kappa shape index (κ3) is 3.28. The normalized spacial score (nSPS) is 14.3. The highest BCUT2D eigenvalue weighted by atomic mass is 32.2. The first-order chi connectivity index (χ1) is 11.7. The Hall–Kier alpha value is -2.28. The summed E-state index contributed by atoms with van der Waals surface area (Å²) in [5, 5.41) is 0. The predicted octanol–water partition coefficient (Wildman–Crippen LogP) is 3.27. The van der Waals surface area contributed by atoms with E-state index >= 15 is 0 Å². The van der Waals surface area contributed by atoms with E-state index in [1.54, 1.807) is 13.0 Å². The van der Waals surface area contributed by atoms with Gasteiger partial charge in [-0.15, -0.1) is 0 Å². The van der Waals surface area contributed by atoms with Gasteiger partial charge in [0.15, 0.2) is 9.84 Å². The Balaban J connectivity index is 2.10. The van der Waals surface area contributed by atoms with Gasteiger partial charge in [0.1, 0.15) is 11.6 Å². The zero-order valence-electron chi connectivity index (χ0n) is 13.8. The number of amides is 1. The molecule has 0 saturated heterocycles. The fourth-order valence-corrected chi connectivity index (χ4v) is 3.68. The highest BCUT2D eigenvalue weighted by Gasteiger charge is 2.28. The number of sulfone groups is 1. The summed E-state index contributed by atoms with van der Waals surface area (Å²) in [6.07, 6.45) is 2.03. The molecule has 2 aromatic rings. The van der Waals surface area contributed by atoms with Crippen molar-refractivity contribution in [3.8, 4) is 0 Å². The van der Waals surface area contributed by atoms with Crippen molar-refractivity contribution in [2.45, 2.75) is 24.7 Å². The fraction of sp³-hybridized carbons (Fsp3) is 0.278. The molecule has 4 nitrogen and oxygen atoms in total. The molecule has 0 N–H and O–H groups in total. The third-order valence-electron chi connectivity index (χ3n) is 4.35. The van der Waals surface area contributed by atoms with Crippen LogP contribution in [-0.2, 0) is 16.3 Å². The lowest BCUT2D eigenvalue weighted by Crippen LogP contribution is -2.36. The second-order valence-corrected chi connectivity index (χ2v) is 8.21. The number of hydrogen-bond donors (Lipinski definition) is 0. The third-order valence-corrected chi connectivity index (χ3v) is 5.46. The molecule has 25 heavy (non-hydrogen) atoms. The van der Waals surface area contributed by atoms with Crippen LogP contribution in [0.3, 0.4) is 0 Å². The monoisotopic (exact) mass is 365 g/mol. The van der Waals surface area contributed by atoms with Gasteiger partial charge in [-0.05, 0) is 43.5 Å². The van der Waals surface area contributed by atoms with Gasteiger partial charge in [0.25, 0.3) is 5.91 Å². The van der Waals surface area contributed by atoms with Crippen LogP contribution in [0, 0.1) is 18.6 Å². The second-order valence-electron chi connectivity index (χ2n) is 6.19. The van der Waals surface area contributed by atoms with Crippen LogP contribution in [0.4, 0.5) is 14.5 Å². The van der Waals surface area contributed by atoms with Gasteiger partial charge < -0.3 is 4.90 Å². The van der Waals surface area contributed by atoms with Crippen LogP contribution < -0.4 is 4.90 Å². The minimum Gasteiger partial charge on any atom is -0.308 e. The van der Waals surface area contributed by atoms with Crippen LogP contribution in [-0.4, -0.2) is 27.1 Å². The van der Waals surface area contributed by atoms with E-state index in [1.165, 1.54) is 17.0 Å². The van der Waals surface area contributed by atoms with E-state index in [0.29, 0.717) is 30.5 Å². The van der Waals surface area contributed by atoms with Gasteiger partial charge in [0.05, 0.1) is 10.6 Å². The van der Waals surface area contributed by atoms with Crippen molar-refractivity contribution in [3.05, 3.63) is 58.7 Å². The molecular formula is C18H17F2NO3S. The first-order valence-electron chi connectivity index (χ1n) is 7.79. The van der Waals surface area contributed by atoms with Crippen LogP contribution in [0.5, 0.6) is 0 Å². The molecule has 0 atom stereocenters. The van der Waals surface area contributed by atoms with E-state index in [4.69, 9.17) is 0 Å². The molecular weight excluding hydrogens is 348 g/mol. The average Bonchev–Trinajstić information content (AvgIpc) is 2.53. The van der Waals surface area contributed by atoms with Crippen molar-refractivity contribution in [2.24, 2.45) is 0 Å². The molecule has 2 aromatic carbocycles. The number of carbonyl (C=O) groups excluding carboxylic acids is 1. The van der Waals surface area contributed by atoms with Crippen molar-refractivity contribution in [2.75, 3.05) is 17.7 Å². The molecule has 1 amide bonds. The number of fused-ring (bicyclic) bond motifs is 1. The fourth-order valence-electron chi connectivity index (χ4n) is 3.03. The Morgan fingerprint density at radius 1 is 1.16 bits per heavy atom. The van der Waals surface area contributed by atoms with Crippen LogP contribution in [0.25, 0.3) is 0 Å². The van der Waals surface area contributed by atoms with Crippen LogP contribution in [0.15, 0.2) is 35.2 Å². The van der Waals surface area contributed by atoms with Crippen LogP contribution >= 0.6 is 0 Å². The van der Waals surface area contributed by atoms with Crippen molar-refractivity contribution < 1.29 is 22.0 Å². The molecule has 1 heterocycles. The van der Waals surface area contributed by atoms with Gasteiger partial charge in [-0.25, -0.2) is 17.2 Å². The van der Waals surface area contributed by atoms with Crippen LogP contribution in [0.2, 0.25) is 0 Å². The van der Waals surface area contributed by atoms with Crippen molar-refractivity contribution >= 4 is 21.4 Å². The lowest BCUT2D eigenvalue weighted by molar-refractivity contribution is 0.0984. The standard InChI is InChI=1S/C18H17F2NO3S/c1-11-5-6-13(25(2,23)24)10-15(11)18(22)21-7-3-4-14-16(20)8-12(19)9-17(14)21/h5-6,8-10H,3-4,7H2,1-2H3. The predicted molar refractivity (Wildman–Crippen MR) is 90.6 cm³/mol. The number of carbonyl (C=O) groups is 1. The SMILES string of the molecule is Cc1ccc(S(C)(=O)=O)cc1C(=O)N1CCCc2c(F)cc(F)cc21. The zero-order valence-corrected chi connectivity index (χ0v) is 14.7. The number of anilines is 1. The Morgan fingerprint density at radius 3 is 2.56 bits per heavy atom. The maximum absolute atomic E-state index is 14.0. The van der Waals surface area contributed by atoms with Gasteiger partial charge >= 0.3 is 0 Å². The number of nitrogens with zero attached hydrogens (tertiary/aromatic N) is 1. The number of aryl methyl sites for hydroxylation is 1. The Labute approximate surface area is 145 Å². The maximum Gasteiger partial charge on any atom is 0.258 e. The molecule has 132 valence electrons. The molecule has 1 aliphatic heterocycles. The van der Waals surface area contributed by atoms with E-state index in [1.807, 2.05) is 0 Å². The summed E-state index contributed by atoms with van der Waals surface area (Å²) in [6.45, 7) is 2.01. The van der Waals surface area contributed by atoms with E-state index in [2.05, 4.69) is 0 Å². The molecule has 0 aromatic heterocycles. The molecule has 0 fully saturated rings. The Bertz CT molecular complexity index is 971. The van der Waals surface area contributed by atoms with Gasteiger partial charge in [-0.3, -0.25) is 4.79 Å². The molecule has 0 saturated carbocycles. The summed E-state index contributed by atoms with van der Waals surface area (Å²) in [6, 6.07) is 6.26. The maximum atomic E-state index is 14.0. The van der Waals surface area contributed by atoms with E-state index in [0.717, 1.165) is 18.4 Å². The summed E-state index contributed by atoms with van der Waals surface area (Å²) in [4.78, 5) is 14.3. The molecule has 0 unspecified atom stereocenters. The summed E-state index contributed by atoms with van der Waals surface area (Å²) < 4.78 is 51.2. The van der Waals surface area contributed by atoms with Crippen molar-refractivity contribution in [1.82, 2.24) is 0 Å². The molecule has 7 heteroatoms. The van der Waals surface area contributed by atoms with Crippen molar-refractivity contribution in [3.63, 3.8) is 0 Å². The van der Waals surface area contributed by atoms with E-state index < -0.39 is 27.4 Å². The first-order valence-corrected chi connectivity index (χ1v) is 9.68. The molecule has 0 radical (unpaired) electrons. The molecule has 1 aliphatic rings. The zero-order chi connectivity index (χ0) is 18.4. The number of benzene rings is 2. The first kappa shape index (κ1) is 17.5. The average molecular weight is 365 g/mol. The Kier molecular flexibility index (Phi) is 4.36. The number of halogens is 2. The minimum absolute atomic E-state index is 0.0316. The second kappa shape index (κ2) is 6.22. The van der Waals surface area contributed by atoms with Crippen molar-refractivity contribution in [1.29, 1.82) is 0 Å². The highest BCUT2D eigenvalue weighted by Crippen LogP contribution is 2.32. The van der Waals surface area contributed by atoms with E-state index in [-0.39, 0.29) is 16.1 Å². The highest BCUT2D eigenvalue weighted by molar-refractivity contribution is 7.90.